The fourth-order valence-corrected chi connectivity index (χ4v) is 3.41. The van der Waals surface area contributed by atoms with Crippen LogP contribution in [0.2, 0.25) is 0 Å². The largest absolute Gasteiger partial charge is 0.294 e. The van der Waals surface area contributed by atoms with Crippen molar-refractivity contribution in [2.24, 2.45) is 7.05 Å². The van der Waals surface area contributed by atoms with Gasteiger partial charge in [-0.15, -0.1) is 0 Å². The van der Waals surface area contributed by atoms with Crippen LogP contribution >= 0.6 is 0 Å². The maximum atomic E-state index is 12.7. The molecule has 7 heteroatoms. The summed E-state index contributed by atoms with van der Waals surface area (Å²) in [4.78, 5) is 29.2. The summed E-state index contributed by atoms with van der Waals surface area (Å²) in [7, 11) is 1.77. The van der Waals surface area contributed by atoms with E-state index in [1.54, 1.807) is 42.5 Å². The lowest BCUT2D eigenvalue weighted by atomic mass is 9.97. The normalized spacial score (nSPS) is 10.8. The van der Waals surface area contributed by atoms with Gasteiger partial charge in [-0.3, -0.25) is 18.8 Å². The van der Waals surface area contributed by atoms with Crippen LogP contribution in [0.25, 0.3) is 27.7 Å². The number of hydrogen-bond acceptors (Lipinski definition) is 5. The second-order valence-corrected chi connectivity index (χ2v) is 6.93. The Kier molecular flexibility index (Phi) is 4.32. The van der Waals surface area contributed by atoms with Crippen molar-refractivity contribution in [2.75, 3.05) is 0 Å². The lowest BCUT2D eigenvalue weighted by Crippen LogP contribution is -2.16. The predicted molar refractivity (Wildman–Crippen MR) is 109 cm³/mol. The molecule has 0 saturated carbocycles. The number of nitrogens with zero attached hydrogens (tertiary/aromatic N) is 5. The minimum atomic E-state index is -0.254. The van der Waals surface area contributed by atoms with Crippen molar-refractivity contribution in [3.05, 3.63) is 76.1 Å². The molecule has 4 rings (SSSR count). The molecule has 0 spiro atoms. The van der Waals surface area contributed by atoms with Crippen LogP contribution < -0.4 is 5.56 Å². The van der Waals surface area contributed by atoms with E-state index in [9.17, 15) is 14.9 Å². The maximum absolute atomic E-state index is 12.7. The smallest absolute Gasteiger partial charge is 0.255 e. The molecule has 0 fully saturated rings. The van der Waals surface area contributed by atoms with Crippen LogP contribution in [0.5, 0.6) is 0 Å². The zero-order valence-corrected chi connectivity index (χ0v) is 16.2. The molecule has 0 amide bonds. The molecule has 0 radical (unpaired) electrons. The number of carbonyl (C=O) groups is 1. The average Bonchev–Trinajstić information content (AvgIpc) is 3.12. The third kappa shape index (κ3) is 3.21. The molecule has 4 aromatic rings. The highest BCUT2D eigenvalue weighted by atomic mass is 16.1. The monoisotopic (exact) mass is 383 g/mol. The molecule has 0 aliphatic heterocycles. The SMILES string of the molecule is CC(=O)c1cc(C)cc2nc(C#N)c(-c3ccn(-c4cnn(C)c4)c(=O)c3)cc12. The fourth-order valence-electron chi connectivity index (χ4n) is 3.41. The number of pyridine rings is 2. The molecule has 142 valence electrons. The molecular formula is C22H17N5O2. The number of ketones is 1. The minimum Gasteiger partial charge on any atom is -0.294 e. The van der Waals surface area contributed by atoms with Gasteiger partial charge >= 0.3 is 0 Å². The molecule has 1 aromatic carbocycles. The molecule has 3 aromatic heterocycles. The van der Waals surface area contributed by atoms with Crippen LogP contribution in [0.15, 0.2) is 53.7 Å². The summed E-state index contributed by atoms with van der Waals surface area (Å²) in [6, 6.07) is 10.7. The van der Waals surface area contributed by atoms with Crippen molar-refractivity contribution >= 4 is 16.7 Å². The standard InChI is InChI=1S/C22H17N5O2/c1-13-6-17(14(2)28)19-9-18(21(10-23)25-20(19)7-13)15-4-5-27(22(29)8-15)16-11-24-26(3)12-16/h4-9,11-12H,1-3H3. The van der Waals surface area contributed by atoms with Gasteiger partial charge < -0.3 is 0 Å². The molecule has 29 heavy (non-hydrogen) atoms. The first-order chi connectivity index (χ1) is 13.9. The number of benzene rings is 1. The number of hydrogen-bond donors (Lipinski definition) is 0. The minimum absolute atomic E-state index is 0.0804. The van der Waals surface area contributed by atoms with Gasteiger partial charge in [0.15, 0.2) is 5.78 Å². The zero-order chi connectivity index (χ0) is 20.7. The van der Waals surface area contributed by atoms with Crippen LogP contribution in [-0.2, 0) is 7.05 Å². The first-order valence-corrected chi connectivity index (χ1v) is 8.96. The molecule has 0 bridgehead atoms. The van der Waals surface area contributed by atoms with E-state index in [0.29, 0.717) is 33.3 Å². The molecular weight excluding hydrogens is 366 g/mol. The second kappa shape index (κ2) is 6.84. The summed E-state index contributed by atoms with van der Waals surface area (Å²) in [6.07, 6.45) is 4.97. The van der Waals surface area contributed by atoms with E-state index >= 15 is 0 Å². The van der Waals surface area contributed by atoms with Crippen molar-refractivity contribution in [2.45, 2.75) is 13.8 Å². The molecule has 0 aliphatic carbocycles. The number of fused-ring (bicyclic) bond motifs is 1. The van der Waals surface area contributed by atoms with Gasteiger partial charge in [0, 0.05) is 42.0 Å². The van der Waals surface area contributed by atoms with Crippen LogP contribution in [0, 0.1) is 18.3 Å². The van der Waals surface area contributed by atoms with E-state index in [0.717, 1.165) is 5.56 Å². The van der Waals surface area contributed by atoms with Gasteiger partial charge in [0.25, 0.3) is 5.56 Å². The van der Waals surface area contributed by atoms with Crippen LogP contribution in [-0.4, -0.2) is 25.1 Å². The summed E-state index contributed by atoms with van der Waals surface area (Å²) < 4.78 is 3.09. The van der Waals surface area contributed by atoms with Crippen molar-refractivity contribution in [1.82, 2.24) is 19.3 Å². The van der Waals surface area contributed by atoms with E-state index in [4.69, 9.17) is 0 Å². The highest BCUT2D eigenvalue weighted by molar-refractivity contribution is 6.07. The number of rotatable bonds is 3. The van der Waals surface area contributed by atoms with Gasteiger partial charge in [-0.2, -0.15) is 10.4 Å². The Hall–Kier alpha value is -4.05. The fraction of sp³-hybridized carbons (Fsp3) is 0.136. The van der Waals surface area contributed by atoms with Gasteiger partial charge in [0.2, 0.25) is 0 Å². The maximum Gasteiger partial charge on any atom is 0.255 e. The Morgan fingerprint density at radius 1 is 1.21 bits per heavy atom. The number of aromatic nitrogens is 4. The van der Waals surface area contributed by atoms with Gasteiger partial charge in [-0.25, -0.2) is 4.98 Å². The van der Waals surface area contributed by atoms with Crippen molar-refractivity contribution in [3.63, 3.8) is 0 Å². The molecule has 0 N–H and O–H groups in total. The highest BCUT2D eigenvalue weighted by Crippen LogP contribution is 2.29. The Morgan fingerprint density at radius 2 is 2.00 bits per heavy atom. The first-order valence-electron chi connectivity index (χ1n) is 8.96. The van der Waals surface area contributed by atoms with Crippen LogP contribution in [0.3, 0.4) is 0 Å². The van der Waals surface area contributed by atoms with E-state index < -0.39 is 0 Å². The Morgan fingerprint density at radius 3 is 2.62 bits per heavy atom. The average molecular weight is 383 g/mol. The van der Waals surface area contributed by atoms with E-state index in [1.165, 1.54) is 17.6 Å². The molecule has 3 heterocycles. The lowest BCUT2D eigenvalue weighted by molar-refractivity contribution is 0.101. The summed E-state index contributed by atoms with van der Waals surface area (Å²) in [6.45, 7) is 3.38. The van der Waals surface area contributed by atoms with Crippen molar-refractivity contribution < 1.29 is 4.79 Å². The molecule has 0 saturated heterocycles. The van der Waals surface area contributed by atoms with Gasteiger partial charge in [-0.1, -0.05) is 0 Å². The van der Waals surface area contributed by atoms with E-state index in [-0.39, 0.29) is 17.0 Å². The summed E-state index contributed by atoms with van der Waals surface area (Å²) >= 11 is 0. The third-order valence-electron chi connectivity index (χ3n) is 4.76. The Balaban J connectivity index is 1.94. The van der Waals surface area contributed by atoms with Crippen molar-refractivity contribution in [1.29, 1.82) is 5.26 Å². The van der Waals surface area contributed by atoms with E-state index in [1.807, 2.05) is 19.1 Å². The Labute approximate surface area is 166 Å². The van der Waals surface area contributed by atoms with Crippen molar-refractivity contribution in [3.8, 4) is 22.9 Å². The number of aryl methyl sites for hydroxylation is 2. The highest BCUT2D eigenvalue weighted by Gasteiger charge is 2.15. The van der Waals surface area contributed by atoms with E-state index in [2.05, 4.69) is 16.2 Å². The summed E-state index contributed by atoms with van der Waals surface area (Å²) in [5.41, 5.74) is 3.70. The summed E-state index contributed by atoms with van der Waals surface area (Å²) in [5, 5.41) is 14.4. The zero-order valence-electron chi connectivity index (χ0n) is 16.2. The second-order valence-electron chi connectivity index (χ2n) is 6.93. The predicted octanol–water partition coefficient (Wildman–Crippen LogP) is 3.17. The van der Waals surface area contributed by atoms with Crippen LogP contribution in [0.1, 0.15) is 28.5 Å². The third-order valence-corrected chi connectivity index (χ3v) is 4.76. The lowest BCUT2D eigenvalue weighted by Gasteiger charge is -2.11. The molecule has 0 aliphatic rings. The Bertz CT molecular complexity index is 1390. The van der Waals surface area contributed by atoms with Gasteiger partial charge in [0.1, 0.15) is 11.8 Å². The number of carbonyl (C=O) groups excluding carboxylic acids is 1. The molecule has 0 unspecified atom stereocenters. The first kappa shape index (κ1) is 18.3. The molecule has 0 atom stereocenters. The van der Waals surface area contributed by atoms with Gasteiger partial charge in [-0.05, 0) is 49.2 Å². The summed E-state index contributed by atoms with van der Waals surface area (Å²) in [5.74, 6) is -0.0804. The van der Waals surface area contributed by atoms with Gasteiger partial charge in [0.05, 0.1) is 17.4 Å². The van der Waals surface area contributed by atoms with Crippen LogP contribution in [0.4, 0.5) is 0 Å². The topological polar surface area (TPSA) is 93.6 Å². The number of Topliss-reactive ketones (excluding diaryl/α,β-unsaturated/α-hetero) is 1. The quantitative estimate of drug-likeness (QED) is 0.507. The molecule has 7 nitrogen and oxygen atoms in total. The number of nitriles is 1.